The standard InChI is InChI=1S/C26H24N6O/c1-30-11-13-31(14-12-30)26(33)22-17-28-32-10-9-19(15-24(22)32)21-16-27-25-20(21)7-8-23(29-25)18-5-3-2-4-6-18/h2-10,15-17H,11-14H2,1H3,(H,27,29). The zero-order chi connectivity index (χ0) is 22.4. The van der Waals surface area contributed by atoms with E-state index in [0.717, 1.165) is 65.1 Å². The molecule has 1 N–H and O–H groups in total. The highest BCUT2D eigenvalue weighted by atomic mass is 16.2. The van der Waals surface area contributed by atoms with Crippen LogP contribution in [0.4, 0.5) is 0 Å². The number of hydrogen-bond acceptors (Lipinski definition) is 4. The number of hydrogen-bond donors (Lipinski definition) is 1. The highest BCUT2D eigenvalue weighted by Crippen LogP contribution is 2.31. The number of likely N-dealkylation sites (N-methyl/N-ethyl adjacent to an activating group) is 1. The number of H-pyrrole nitrogens is 1. The Kier molecular flexibility index (Phi) is 4.69. The lowest BCUT2D eigenvalue weighted by Gasteiger charge is -2.32. The van der Waals surface area contributed by atoms with Gasteiger partial charge in [-0.25, -0.2) is 9.50 Å². The Hall–Kier alpha value is -3.97. The summed E-state index contributed by atoms with van der Waals surface area (Å²) in [5, 5.41) is 5.46. The minimum absolute atomic E-state index is 0.0448. The molecule has 5 heterocycles. The first kappa shape index (κ1) is 19.7. The summed E-state index contributed by atoms with van der Waals surface area (Å²) in [7, 11) is 2.09. The molecule has 0 saturated carbocycles. The molecule has 1 saturated heterocycles. The number of nitrogens with one attached hydrogen (secondary N) is 1. The average Bonchev–Trinajstić information content (AvgIpc) is 3.48. The summed E-state index contributed by atoms with van der Waals surface area (Å²) in [5.74, 6) is 0.0448. The van der Waals surface area contributed by atoms with Crippen LogP contribution in [0.15, 0.2) is 73.2 Å². The predicted molar refractivity (Wildman–Crippen MR) is 129 cm³/mol. The van der Waals surface area contributed by atoms with Crippen molar-refractivity contribution < 1.29 is 4.79 Å². The van der Waals surface area contributed by atoms with E-state index in [2.05, 4.69) is 46.3 Å². The third-order valence-corrected chi connectivity index (χ3v) is 6.46. The van der Waals surface area contributed by atoms with Crippen LogP contribution in [-0.2, 0) is 0 Å². The van der Waals surface area contributed by atoms with Crippen LogP contribution in [-0.4, -0.2) is 68.5 Å². The number of aromatic amines is 1. The first-order valence-electron chi connectivity index (χ1n) is 11.2. The summed E-state index contributed by atoms with van der Waals surface area (Å²) in [4.78, 5) is 25.5. The number of carbonyl (C=O) groups is 1. The molecule has 6 rings (SSSR count). The Morgan fingerprint density at radius 1 is 0.970 bits per heavy atom. The summed E-state index contributed by atoms with van der Waals surface area (Å²) < 4.78 is 1.77. The molecule has 5 aromatic rings. The van der Waals surface area contributed by atoms with Gasteiger partial charge >= 0.3 is 0 Å². The van der Waals surface area contributed by atoms with E-state index in [1.807, 2.05) is 47.6 Å². The first-order chi connectivity index (χ1) is 16.2. The largest absolute Gasteiger partial charge is 0.345 e. The van der Waals surface area contributed by atoms with Gasteiger partial charge in [0.2, 0.25) is 0 Å². The number of amides is 1. The maximum Gasteiger partial charge on any atom is 0.257 e. The Morgan fingerprint density at radius 2 is 1.79 bits per heavy atom. The van der Waals surface area contributed by atoms with Gasteiger partial charge in [0.1, 0.15) is 5.65 Å². The Balaban J connectivity index is 1.37. The number of fused-ring (bicyclic) bond motifs is 2. The Labute approximate surface area is 191 Å². The fourth-order valence-electron chi connectivity index (χ4n) is 4.51. The van der Waals surface area contributed by atoms with Gasteiger partial charge in [-0.05, 0) is 36.9 Å². The van der Waals surface area contributed by atoms with Crippen molar-refractivity contribution in [2.75, 3.05) is 33.2 Å². The number of aromatic nitrogens is 4. The highest BCUT2D eigenvalue weighted by Gasteiger charge is 2.23. The van der Waals surface area contributed by atoms with Crippen molar-refractivity contribution >= 4 is 22.5 Å². The molecule has 0 atom stereocenters. The summed E-state index contributed by atoms with van der Waals surface area (Å²) in [6.45, 7) is 3.27. The molecule has 7 heteroatoms. The van der Waals surface area contributed by atoms with Crippen LogP contribution in [0.25, 0.3) is 38.9 Å². The third-order valence-electron chi connectivity index (χ3n) is 6.46. The minimum atomic E-state index is 0.0448. The Bertz CT molecular complexity index is 1460. The quantitative estimate of drug-likeness (QED) is 0.465. The van der Waals surface area contributed by atoms with Crippen molar-refractivity contribution in [2.24, 2.45) is 0 Å². The van der Waals surface area contributed by atoms with Gasteiger partial charge in [0.05, 0.1) is 23.0 Å². The number of piperazine rings is 1. The van der Waals surface area contributed by atoms with Gasteiger partial charge in [-0.3, -0.25) is 4.79 Å². The number of pyridine rings is 2. The van der Waals surface area contributed by atoms with E-state index < -0.39 is 0 Å². The first-order valence-corrected chi connectivity index (χ1v) is 11.2. The molecule has 0 unspecified atom stereocenters. The second-order valence-electron chi connectivity index (χ2n) is 8.56. The van der Waals surface area contributed by atoms with Crippen molar-refractivity contribution in [3.8, 4) is 22.4 Å². The van der Waals surface area contributed by atoms with Crippen LogP contribution in [0.3, 0.4) is 0 Å². The molecule has 1 aliphatic rings. The van der Waals surface area contributed by atoms with Crippen molar-refractivity contribution in [3.05, 3.63) is 78.8 Å². The smallest absolute Gasteiger partial charge is 0.257 e. The predicted octanol–water partition coefficient (Wildman–Crippen LogP) is 3.93. The van der Waals surface area contributed by atoms with Crippen molar-refractivity contribution in [1.82, 2.24) is 29.4 Å². The number of rotatable bonds is 3. The van der Waals surface area contributed by atoms with Gasteiger partial charge in [-0.15, -0.1) is 0 Å². The zero-order valence-corrected chi connectivity index (χ0v) is 18.4. The van der Waals surface area contributed by atoms with Gasteiger partial charge in [0, 0.05) is 55.1 Å². The minimum Gasteiger partial charge on any atom is -0.345 e. The van der Waals surface area contributed by atoms with Gasteiger partial charge in [-0.1, -0.05) is 30.3 Å². The molecule has 33 heavy (non-hydrogen) atoms. The molecule has 0 bridgehead atoms. The SMILES string of the molecule is CN1CCN(C(=O)c2cnn3ccc(-c4c[nH]c5nc(-c6ccccc6)ccc45)cc23)CC1. The van der Waals surface area contributed by atoms with E-state index in [4.69, 9.17) is 4.98 Å². The van der Waals surface area contributed by atoms with Gasteiger partial charge in [0.15, 0.2) is 0 Å². The second-order valence-corrected chi connectivity index (χ2v) is 8.56. The van der Waals surface area contributed by atoms with E-state index in [9.17, 15) is 4.79 Å². The fourth-order valence-corrected chi connectivity index (χ4v) is 4.51. The van der Waals surface area contributed by atoms with E-state index in [0.29, 0.717) is 5.56 Å². The normalized spacial score (nSPS) is 14.9. The van der Waals surface area contributed by atoms with Gasteiger partial charge in [-0.2, -0.15) is 5.10 Å². The highest BCUT2D eigenvalue weighted by molar-refractivity contribution is 6.02. The van der Waals surface area contributed by atoms with Crippen molar-refractivity contribution in [1.29, 1.82) is 0 Å². The molecule has 1 aliphatic heterocycles. The van der Waals surface area contributed by atoms with E-state index in [1.54, 1.807) is 10.7 Å². The summed E-state index contributed by atoms with van der Waals surface area (Å²) in [6, 6.07) is 18.4. The number of nitrogens with zero attached hydrogens (tertiary/aromatic N) is 5. The molecule has 7 nitrogen and oxygen atoms in total. The van der Waals surface area contributed by atoms with E-state index >= 15 is 0 Å². The molecular formula is C26H24N6O. The van der Waals surface area contributed by atoms with Crippen LogP contribution in [0, 0.1) is 0 Å². The van der Waals surface area contributed by atoms with Crippen LogP contribution in [0.2, 0.25) is 0 Å². The number of benzene rings is 1. The lowest BCUT2D eigenvalue weighted by molar-refractivity contribution is 0.0666. The monoisotopic (exact) mass is 436 g/mol. The Morgan fingerprint density at radius 3 is 2.61 bits per heavy atom. The molecular weight excluding hydrogens is 412 g/mol. The molecule has 164 valence electrons. The van der Waals surface area contributed by atoms with E-state index in [1.165, 1.54) is 0 Å². The lowest BCUT2D eigenvalue weighted by Crippen LogP contribution is -2.47. The molecule has 1 fully saturated rings. The van der Waals surface area contributed by atoms with Gasteiger partial charge < -0.3 is 14.8 Å². The van der Waals surface area contributed by atoms with Crippen LogP contribution in [0.1, 0.15) is 10.4 Å². The van der Waals surface area contributed by atoms with Crippen LogP contribution >= 0.6 is 0 Å². The van der Waals surface area contributed by atoms with Gasteiger partial charge in [0.25, 0.3) is 5.91 Å². The summed E-state index contributed by atoms with van der Waals surface area (Å²) >= 11 is 0. The molecule has 1 amide bonds. The molecule has 0 aliphatic carbocycles. The molecule has 4 aromatic heterocycles. The zero-order valence-electron chi connectivity index (χ0n) is 18.4. The van der Waals surface area contributed by atoms with Crippen LogP contribution in [0.5, 0.6) is 0 Å². The topological polar surface area (TPSA) is 69.5 Å². The van der Waals surface area contributed by atoms with Crippen molar-refractivity contribution in [2.45, 2.75) is 0 Å². The summed E-state index contributed by atoms with van der Waals surface area (Å²) in [6.07, 6.45) is 5.58. The average molecular weight is 437 g/mol. The maximum absolute atomic E-state index is 13.2. The third kappa shape index (κ3) is 3.47. The molecule has 1 aromatic carbocycles. The fraction of sp³-hybridized carbons (Fsp3) is 0.192. The maximum atomic E-state index is 13.2. The number of carbonyl (C=O) groups excluding carboxylic acids is 1. The van der Waals surface area contributed by atoms with E-state index in [-0.39, 0.29) is 5.91 Å². The molecule has 0 spiro atoms. The summed E-state index contributed by atoms with van der Waals surface area (Å²) in [5.41, 5.74) is 6.40. The molecule has 0 radical (unpaired) electrons. The van der Waals surface area contributed by atoms with Crippen molar-refractivity contribution in [3.63, 3.8) is 0 Å². The lowest BCUT2D eigenvalue weighted by atomic mass is 10.0. The van der Waals surface area contributed by atoms with Crippen LogP contribution < -0.4 is 0 Å². The second kappa shape index (κ2) is 7.86.